The fourth-order valence-electron chi connectivity index (χ4n) is 3.78. The summed E-state index contributed by atoms with van der Waals surface area (Å²) >= 11 is 0. The van der Waals surface area contributed by atoms with Crippen LogP contribution >= 0.6 is 0 Å². The summed E-state index contributed by atoms with van der Waals surface area (Å²) in [7, 11) is 0. The molecular formula is C28H46O4. The van der Waals surface area contributed by atoms with Crippen molar-refractivity contribution < 1.29 is 19.1 Å². The minimum atomic E-state index is -0.130. The van der Waals surface area contributed by atoms with Crippen LogP contribution < -0.4 is 0 Å². The van der Waals surface area contributed by atoms with Gasteiger partial charge in [-0.3, -0.25) is 9.59 Å². The van der Waals surface area contributed by atoms with E-state index in [1.54, 1.807) is 0 Å². The van der Waals surface area contributed by atoms with Crippen molar-refractivity contribution in [1.29, 1.82) is 0 Å². The number of carbonyl (C=O) groups excluding carboxylic acids is 2. The Morgan fingerprint density at radius 3 is 1.66 bits per heavy atom. The number of hydrogen-bond acceptors (Lipinski definition) is 4. The lowest BCUT2D eigenvalue weighted by Gasteiger charge is -2.22. The predicted molar refractivity (Wildman–Crippen MR) is 131 cm³/mol. The van der Waals surface area contributed by atoms with E-state index >= 15 is 0 Å². The van der Waals surface area contributed by atoms with Crippen molar-refractivity contribution >= 4 is 11.9 Å². The van der Waals surface area contributed by atoms with Gasteiger partial charge in [-0.15, -0.1) is 0 Å². The van der Waals surface area contributed by atoms with Gasteiger partial charge in [0, 0.05) is 0 Å². The Bertz CT molecular complexity index is 702. The van der Waals surface area contributed by atoms with Crippen LogP contribution in [0.5, 0.6) is 0 Å². The van der Waals surface area contributed by atoms with Crippen LogP contribution in [-0.4, -0.2) is 11.9 Å². The molecule has 0 bridgehead atoms. The maximum atomic E-state index is 12.6. The van der Waals surface area contributed by atoms with E-state index in [9.17, 15) is 9.59 Å². The molecule has 2 atom stereocenters. The maximum absolute atomic E-state index is 12.6. The second-order valence-electron chi connectivity index (χ2n) is 9.94. The van der Waals surface area contributed by atoms with Crippen LogP contribution in [0.1, 0.15) is 117 Å². The number of hydrogen-bond donors (Lipinski definition) is 0. The molecule has 0 spiro atoms. The van der Waals surface area contributed by atoms with Gasteiger partial charge in [-0.05, 0) is 47.8 Å². The van der Waals surface area contributed by atoms with Crippen LogP contribution in [0, 0.1) is 11.8 Å². The summed E-state index contributed by atoms with van der Waals surface area (Å²) in [5, 5.41) is 0. The first-order chi connectivity index (χ1) is 15.2. The Hall–Kier alpha value is -1.84. The van der Waals surface area contributed by atoms with Crippen molar-refractivity contribution in [2.75, 3.05) is 0 Å². The monoisotopic (exact) mass is 446 g/mol. The molecule has 4 heteroatoms. The van der Waals surface area contributed by atoms with Crippen LogP contribution in [-0.2, 0) is 37.7 Å². The highest BCUT2D eigenvalue weighted by atomic mass is 16.5. The molecule has 0 aliphatic heterocycles. The molecular weight excluding hydrogens is 400 g/mol. The third-order valence-corrected chi connectivity index (χ3v) is 6.28. The fourth-order valence-corrected chi connectivity index (χ4v) is 3.78. The van der Waals surface area contributed by atoms with Gasteiger partial charge in [-0.25, -0.2) is 0 Å². The minimum absolute atomic E-state index is 0.0193. The molecule has 0 aromatic heterocycles. The van der Waals surface area contributed by atoms with Crippen molar-refractivity contribution in [3.8, 4) is 0 Å². The highest BCUT2D eigenvalue weighted by molar-refractivity contribution is 5.73. The van der Waals surface area contributed by atoms with E-state index in [2.05, 4.69) is 46.8 Å². The molecule has 0 saturated carbocycles. The van der Waals surface area contributed by atoms with Gasteiger partial charge in [0.15, 0.2) is 0 Å². The first kappa shape index (κ1) is 28.2. The first-order valence-corrected chi connectivity index (χ1v) is 12.6. The molecule has 0 fully saturated rings. The van der Waals surface area contributed by atoms with Gasteiger partial charge in [-0.1, -0.05) is 92.3 Å². The van der Waals surface area contributed by atoms with Gasteiger partial charge in [0.1, 0.15) is 13.2 Å². The quantitative estimate of drug-likeness (QED) is 0.278. The third kappa shape index (κ3) is 9.34. The zero-order valence-corrected chi connectivity index (χ0v) is 21.6. The smallest absolute Gasteiger partial charge is 0.309 e. The molecule has 0 N–H and O–H groups in total. The van der Waals surface area contributed by atoms with Crippen LogP contribution in [0.4, 0.5) is 0 Å². The molecule has 0 amide bonds. The second kappa shape index (κ2) is 14.3. The molecule has 182 valence electrons. The topological polar surface area (TPSA) is 52.6 Å². The Balaban J connectivity index is 2.95. The van der Waals surface area contributed by atoms with E-state index in [-0.39, 0.29) is 42.4 Å². The number of ether oxygens (including phenoxy) is 2. The second-order valence-corrected chi connectivity index (χ2v) is 9.94. The van der Waals surface area contributed by atoms with Crippen molar-refractivity contribution in [1.82, 2.24) is 0 Å². The third-order valence-electron chi connectivity index (χ3n) is 6.28. The molecule has 2 unspecified atom stereocenters. The van der Waals surface area contributed by atoms with Crippen LogP contribution in [0.15, 0.2) is 18.2 Å². The van der Waals surface area contributed by atoms with E-state index < -0.39 is 0 Å². The van der Waals surface area contributed by atoms with Gasteiger partial charge < -0.3 is 9.47 Å². The number of esters is 2. The lowest BCUT2D eigenvalue weighted by molar-refractivity contribution is -0.152. The number of carbonyl (C=O) groups is 2. The van der Waals surface area contributed by atoms with Gasteiger partial charge in [0.25, 0.3) is 0 Å². The normalized spacial score (nSPS) is 13.5. The molecule has 0 heterocycles. The highest BCUT2D eigenvalue weighted by Crippen LogP contribution is 2.26. The summed E-state index contributed by atoms with van der Waals surface area (Å²) in [5.41, 5.74) is 2.98. The molecule has 1 aromatic rings. The molecule has 0 radical (unpaired) electrons. The summed E-state index contributed by atoms with van der Waals surface area (Å²) in [6, 6.07) is 6.19. The van der Waals surface area contributed by atoms with Crippen LogP contribution in [0.2, 0.25) is 0 Å². The summed E-state index contributed by atoms with van der Waals surface area (Å²) in [4.78, 5) is 25.2. The summed E-state index contributed by atoms with van der Waals surface area (Å²) in [6.45, 7) is 15.3. The van der Waals surface area contributed by atoms with Crippen LogP contribution in [0.25, 0.3) is 0 Å². The van der Waals surface area contributed by atoms with Gasteiger partial charge >= 0.3 is 11.9 Å². The van der Waals surface area contributed by atoms with E-state index in [1.165, 1.54) is 5.56 Å². The predicted octanol–water partition coefficient (Wildman–Crippen LogP) is 7.50. The van der Waals surface area contributed by atoms with Crippen molar-refractivity contribution in [2.45, 2.75) is 118 Å². The molecule has 32 heavy (non-hydrogen) atoms. The molecule has 1 aromatic carbocycles. The number of rotatable bonds is 14. The summed E-state index contributed by atoms with van der Waals surface area (Å²) < 4.78 is 11.4. The van der Waals surface area contributed by atoms with E-state index in [0.717, 1.165) is 62.5 Å². The van der Waals surface area contributed by atoms with Crippen molar-refractivity contribution in [3.05, 3.63) is 34.9 Å². The Kier molecular flexibility index (Phi) is 12.6. The lowest BCUT2D eigenvalue weighted by Crippen LogP contribution is -2.19. The van der Waals surface area contributed by atoms with Gasteiger partial charge in [-0.2, -0.15) is 0 Å². The highest BCUT2D eigenvalue weighted by Gasteiger charge is 2.21. The largest absolute Gasteiger partial charge is 0.461 e. The van der Waals surface area contributed by atoms with Crippen LogP contribution in [0.3, 0.4) is 0 Å². The summed E-state index contributed by atoms with van der Waals surface area (Å²) in [6.07, 6.45) is 7.54. The maximum Gasteiger partial charge on any atom is 0.309 e. The van der Waals surface area contributed by atoms with E-state index in [4.69, 9.17) is 9.47 Å². The van der Waals surface area contributed by atoms with Gasteiger partial charge in [0.2, 0.25) is 0 Å². The lowest BCUT2D eigenvalue weighted by atomic mass is 9.85. The summed E-state index contributed by atoms with van der Waals surface area (Å²) in [5.74, 6) is -0.357. The Labute approximate surface area is 196 Å². The molecule has 0 aliphatic rings. The standard InChI is InChI=1S/C28H46O4/c1-8-12-14-21(10-3)26(29)31-19-23-16-17-25(28(5,6)7)18-24(23)20-32-27(30)22(11-4)15-13-9-2/h16-18,21-22H,8-15,19-20H2,1-7H3. The molecule has 0 saturated heterocycles. The first-order valence-electron chi connectivity index (χ1n) is 12.6. The Morgan fingerprint density at radius 2 is 1.25 bits per heavy atom. The number of benzene rings is 1. The fraction of sp³-hybridized carbons (Fsp3) is 0.714. The zero-order chi connectivity index (χ0) is 24.1. The SMILES string of the molecule is CCCCC(CC)C(=O)OCc1ccc(C(C)(C)C)cc1COC(=O)C(CC)CCCC. The Morgan fingerprint density at radius 1 is 0.781 bits per heavy atom. The molecule has 0 aliphatic carbocycles. The molecule has 4 nitrogen and oxygen atoms in total. The zero-order valence-electron chi connectivity index (χ0n) is 21.6. The van der Waals surface area contributed by atoms with E-state index in [0.29, 0.717) is 0 Å². The minimum Gasteiger partial charge on any atom is -0.461 e. The average Bonchev–Trinajstić information content (AvgIpc) is 2.76. The van der Waals surface area contributed by atoms with Crippen molar-refractivity contribution in [2.24, 2.45) is 11.8 Å². The average molecular weight is 447 g/mol. The number of unbranched alkanes of at least 4 members (excludes halogenated alkanes) is 2. The van der Waals surface area contributed by atoms with E-state index in [1.807, 2.05) is 19.9 Å². The van der Waals surface area contributed by atoms with Crippen molar-refractivity contribution in [3.63, 3.8) is 0 Å². The van der Waals surface area contributed by atoms with Gasteiger partial charge in [0.05, 0.1) is 11.8 Å². The molecule has 1 rings (SSSR count).